The summed E-state index contributed by atoms with van der Waals surface area (Å²) in [6.45, 7) is 2.52. The first-order chi connectivity index (χ1) is 14.4. The van der Waals surface area contributed by atoms with E-state index < -0.39 is 11.9 Å². The van der Waals surface area contributed by atoms with E-state index in [0.29, 0.717) is 29.7 Å². The fourth-order valence-corrected chi connectivity index (χ4v) is 4.53. The highest BCUT2D eigenvalue weighted by atomic mass is 32.2. The van der Waals surface area contributed by atoms with Gasteiger partial charge in [-0.3, -0.25) is 9.10 Å². The number of aromatic nitrogens is 2. The number of anilines is 1. The minimum absolute atomic E-state index is 0.139. The van der Waals surface area contributed by atoms with Gasteiger partial charge in [0, 0.05) is 18.3 Å². The van der Waals surface area contributed by atoms with Crippen LogP contribution in [0.4, 0.5) is 10.1 Å². The maximum atomic E-state index is 14.7. The molecule has 0 radical (unpaired) electrons. The SMILES string of the molecule is CCCOc1cnc(C(=O)Nc2ccc(F)c(C3N=C(N)N(C)SC34CC4)c2)cn1. The molecule has 10 heteroatoms. The quantitative estimate of drug-likeness (QED) is 0.678. The van der Waals surface area contributed by atoms with Gasteiger partial charge in [-0.15, -0.1) is 0 Å². The number of carbonyl (C=O) groups excluding carboxylic acids is 1. The van der Waals surface area contributed by atoms with Gasteiger partial charge in [0.15, 0.2) is 0 Å². The Hall–Kier alpha value is -2.88. The number of guanidine groups is 1. The molecule has 1 aliphatic carbocycles. The highest BCUT2D eigenvalue weighted by Gasteiger charge is 2.55. The monoisotopic (exact) mass is 430 g/mol. The second-order valence-corrected chi connectivity index (χ2v) is 8.87. The Balaban J connectivity index is 1.53. The van der Waals surface area contributed by atoms with Gasteiger partial charge in [-0.05, 0) is 49.4 Å². The fraction of sp³-hybridized carbons (Fsp3) is 0.400. The number of hydrogen-bond donors (Lipinski definition) is 2. The van der Waals surface area contributed by atoms with Gasteiger partial charge in [-0.1, -0.05) is 6.92 Å². The predicted molar refractivity (Wildman–Crippen MR) is 114 cm³/mol. The Bertz CT molecular complexity index is 980. The van der Waals surface area contributed by atoms with Gasteiger partial charge in [-0.2, -0.15) is 0 Å². The highest BCUT2D eigenvalue weighted by Crippen LogP contribution is 2.60. The average molecular weight is 431 g/mol. The number of carbonyl (C=O) groups is 1. The number of aliphatic imine (C=N–C) groups is 1. The first kappa shape index (κ1) is 20.4. The third kappa shape index (κ3) is 4.04. The topological polar surface area (TPSA) is 106 Å². The summed E-state index contributed by atoms with van der Waals surface area (Å²) in [6.07, 6.45) is 5.47. The van der Waals surface area contributed by atoms with Crippen LogP contribution in [0.2, 0.25) is 0 Å². The maximum absolute atomic E-state index is 14.7. The van der Waals surface area contributed by atoms with E-state index in [-0.39, 0.29) is 16.3 Å². The largest absolute Gasteiger partial charge is 0.477 e. The molecule has 1 aliphatic heterocycles. The molecular weight excluding hydrogens is 407 g/mol. The lowest BCUT2D eigenvalue weighted by Crippen LogP contribution is -2.38. The van der Waals surface area contributed by atoms with Crippen molar-refractivity contribution in [2.45, 2.75) is 37.0 Å². The van der Waals surface area contributed by atoms with Crippen LogP contribution in [0.15, 0.2) is 35.6 Å². The van der Waals surface area contributed by atoms with E-state index in [1.54, 1.807) is 18.0 Å². The summed E-state index contributed by atoms with van der Waals surface area (Å²) in [7, 11) is 1.85. The predicted octanol–water partition coefficient (Wildman–Crippen LogP) is 3.14. The van der Waals surface area contributed by atoms with Crippen LogP contribution in [0.5, 0.6) is 5.88 Å². The lowest BCUT2D eigenvalue weighted by molar-refractivity contribution is 0.102. The molecule has 158 valence electrons. The minimum atomic E-state index is -0.441. The highest BCUT2D eigenvalue weighted by molar-refractivity contribution is 7.99. The molecule has 0 saturated heterocycles. The van der Waals surface area contributed by atoms with E-state index in [1.165, 1.54) is 24.5 Å². The van der Waals surface area contributed by atoms with Gasteiger partial charge in [0.1, 0.15) is 11.5 Å². The van der Waals surface area contributed by atoms with Crippen LogP contribution in [0, 0.1) is 5.82 Å². The molecule has 2 heterocycles. The Morgan fingerprint density at radius 2 is 2.20 bits per heavy atom. The molecule has 0 bridgehead atoms. The molecule has 1 spiro atoms. The molecule has 1 unspecified atom stereocenters. The zero-order chi connectivity index (χ0) is 21.3. The van der Waals surface area contributed by atoms with Crippen molar-refractivity contribution in [3.8, 4) is 5.88 Å². The van der Waals surface area contributed by atoms with Gasteiger partial charge in [0.2, 0.25) is 11.8 Å². The van der Waals surface area contributed by atoms with Gasteiger partial charge in [-0.25, -0.2) is 19.4 Å². The van der Waals surface area contributed by atoms with Crippen LogP contribution < -0.4 is 15.8 Å². The molecule has 1 saturated carbocycles. The molecule has 1 aromatic heterocycles. The zero-order valence-corrected chi connectivity index (χ0v) is 17.6. The number of nitrogens with one attached hydrogen (secondary N) is 1. The smallest absolute Gasteiger partial charge is 0.275 e. The zero-order valence-electron chi connectivity index (χ0n) is 16.8. The van der Waals surface area contributed by atoms with Crippen LogP contribution in [-0.4, -0.2) is 44.5 Å². The summed E-state index contributed by atoms with van der Waals surface area (Å²) in [4.78, 5) is 25.2. The fourth-order valence-electron chi connectivity index (χ4n) is 3.28. The standard InChI is InChI=1S/C20H23FN6O2S/c1-3-8-29-16-11-23-15(10-24-16)18(28)25-12-4-5-14(21)13(9-12)17-20(6-7-20)30-27(2)19(22)26-17/h4-5,9-11,17H,3,6-8H2,1-2H3,(H2,22,26)(H,25,28). The first-order valence-corrected chi connectivity index (χ1v) is 10.5. The van der Waals surface area contributed by atoms with Gasteiger partial charge in [0.05, 0.1) is 29.8 Å². The molecule has 2 aromatic rings. The van der Waals surface area contributed by atoms with E-state index >= 15 is 0 Å². The van der Waals surface area contributed by atoms with Crippen molar-refractivity contribution >= 4 is 29.5 Å². The van der Waals surface area contributed by atoms with Crippen LogP contribution in [0.1, 0.15) is 48.3 Å². The summed E-state index contributed by atoms with van der Waals surface area (Å²) in [5.74, 6) is -0.0911. The average Bonchev–Trinajstić information content (AvgIpc) is 3.51. The second kappa shape index (κ2) is 8.10. The lowest BCUT2D eigenvalue weighted by Gasteiger charge is -2.34. The third-order valence-electron chi connectivity index (χ3n) is 5.01. The van der Waals surface area contributed by atoms with Crippen LogP contribution in [0.3, 0.4) is 0 Å². The third-order valence-corrected chi connectivity index (χ3v) is 6.46. The van der Waals surface area contributed by atoms with E-state index in [9.17, 15) is 9.18 Å². The minimum Gasteiger partial charge on any atom is -0.477 e. The molecule has 1 fully saturated rings. The van der Waals surface area contributed by atoms with E-state index in [0.717, 1.165) is 19.3 Å². The van der Waals surface area contributed by atoms with Crippen molar-refractivity contribution in [1.29, 1.82) is 0 Å². The second-order valence-electron chi connectivity index (χ2n) is 7.32. The number of halogens is 1. The Kier molecular flexibility index (Phi) is 5.50. The number of amides is 1. The van der Waals surface area contributed by atoms with Crippen LogP contribution in [-0.2, 0) is 0 Å². The Labute approximate surface area is 178 Å². The molecule has 1 amide bonds. The van der Waals surface area contributed by atoms with Gasteiger partial charge >= 0.3 is 0 Å². The summed E-state index contributed by atoms with van der Waals surface area (Å²) < 4.78 is 21.7. The molecule has 3 N–H and O–H groups in total. The molecule has 30 heavy (non-hydrogen) atoms. The van der Waals surface area contributed by atoms with Crippen molar-refractivity contribution in [3.63, 3.8) is 0 Å². The number of nitrogens with zero attached hydrogens (tertiary/aromatic N) is 4. The molecule has 4 rings (SSSR count). The lowest BCUT2D eigenvalue weighted by atomic mass is 10.0. The number of rotatable bonds is 6. The normalized spacial score (nSPS) is 19.4. The molecule has 2 aliphatic rings. The van der Waals surface area contributed by atoms with E-state index in [4.69, 9.17) is 10.5 Å². The van der Waals surface area contributed by atoms with Crippen molar-refractivity contribution in [3.05, 3.63) is 47.7 Å². The first-order valence-electron chi connectivity index (χ1n) is 9.73. The number of hydrogen-bond acceptors (Lipinski definition) is 8. The van der Waals surface area contributed by atoms with Crippen LogP contribution >= 0.6 is 11.9 Å². The number of benzene rings is 1. The van der Waals surface area contributed by atoms with Gasteiger partial charge in [0.25, 0.3) is 5.91 Å². The van der Waals surface area contributed by atoms with Crippen molar-refractivity contribution in [2.24, 2.45) is 10.7 Å². The van der Waals surface area contributed by atoms with E-state index in [2.05, 4.69) is 20.3 Å². The van der Waals surface area contributed by atoms with E-state index in [1.807, 2.05) is 18.3 Å². The number of nitrogens with two attached hydrogens (primary N) is 1. The van der Waals surface area contributed by atoms with Crippen LogP contribution in [0.25, 0.3) is 0 Å². The Morgan fingerprint density at radius 1 is 1.40 bits per heavy atom. The van der Waals surface area contributed by atoms with Gasteiger partial charge < -0.3 is 15.8 Å². The van der Waals surface area contributed by atoms with Crippen molar-refractivity contribution in [1.82, 2.24) is 14.3 Å². The Morgan fingerprint density at radius 3 is 2.87 bits per heavy atom. The summed E-state index contributed by atoms with van der Waals surface area (Å²) in [5.41, 5.74) is 7.00. The molecule has 1 aromatic carbocycles. The van der Waals surface area contributed by atoms with Crippen molar-refractivity contribution < 1.29 is 13.9 Å². The maximum Gasteiger partial charge on any atom is 0.275 e. The molecule has 1 atom stereocenters. The van der Waals surface area contributed by atoms with Crippen molar-refractivity contribution in [2.75, 3.05) is 19.0 Å². The summed E-state index contributed by atoms with van der Waals surface area (Å²) in [6, 6.07) is 4.07. The molecular formula is C20H23FN6O2S. The summed E-state index contributed by atoms with van der Waals surface area (Å²) >= 11 is 1.59. The number of ether oxygens (including phenoxy) is 1. The summed E-state index contributed by atoms with van der Waals surface area (Å²) in [5, 5.41) is 2.75. The molecule has 8 nitrogen and oxygen atoms in total.